The molecule has 1 unspecified atom stereocenters. The lowest BCUT2D eigenvalue weighted by Gasteiger charge is -2.28. The maximum atomic E-state index is 11.2. The predicted octanol–water partition coefficient (Wildman–Crippen LogP) is 1.68. The Bertz CT molecular complexity index is 868. The second kappa shape index (κ2) is 9.63. The smallest absolute Gasteiger partial charge is 0.328 e. The highest BCUT2D eigenvalue weighted by atomic mass is 35.5. The first-order valence-corrected chi connectivity index (χ1v) is 8.54. The van der Waals surface area contributed by atoms with Gasteiger partial charge in [-0.2, -0.15) is 0 Å². The van der Waals surface area contributed by atoms with Crippen LogP contribution in [0.15, 0.2) is 65.8 Å². The van der Waals surface area contributed by atoms with Gasteiger partial charge in [0.05, 0.1) is 12.2 Å². The number of carbonyl (C=O) groups is 2. The highest BCUT2D eigenvalue weighted by Crippen LogP contribution is 2.30. The van der Waals surface area contributed by atoms with E-state index in [9.17, 15) is 14.7 Å². The van der Waals surface area contributed by atoms with Crippen molar-refractivity contribution in [1.82, 2.24) is 10.3 Å². The molecule has 0 fully saturated rings. The molecule has 2 heterocycles. The SMILES string of the molecule is O=C(O)/C=C\C(=O)O.OC(C1=NCCN1)(c1ccc(Cl)cc1)c1ccccn1. The minimum Gasteiger partial charge on any atom is -0.478 e. The summed E-state index contributed by atoms with van der Waals surface area (Å²) < 4.78 is 0. The minimum atomic E-state index is -1.37. The predicted molar refractivity (Wildman–Crippen MR) is 103 cm³/mol. The summed E-state index contributed by atoms with van der Waals surface area (Å²) >= 11 is 5.92. The van der Waals surface area contributed by atoms with Gasteiger partial charge in [0.15, 0.2) is 5.60 Å². The zero-order valence-electron chi connectivity index (χ0n) is 14.6. The van der Waals surface area contributed by atoms with Crippen LogP contribution in [-0.2, 0) is 15.2 Å². The molecule has 0 radical (unpaired) electrons. The number of aliphatic hydroxyl groups is 1. The van der Waals surface area contributed by atoms with Crippen LogP contribution in [0.1, 0.15) is 11.3 Å². The largest absolute Gasteiger partial charge is 0.478 e. The lowest BCUT2D eigenvalue weighted by atomic mass is 9.88. The summed E-state index contributed by atoms with van der Waals surface area (Å²) in [6.45, 7) is 1.37. The summed E-state index contributed by atoms with van der Waals surface area (Å²) in [5.41, 5.74) is -0.147. The van der Waals surface area contributed by atoms with Crippen LogP contribution in [0.5, 0.6) is 0 Å². The van der Waals surface area contributed by atoms with Crippen LogP contribution in [0.4, 0.5) is 0 Å². The van der Waals surface area contributed by atoms with Crippen molar-refractivity contribution in [3.05, 3.63) is 77.1 Å². The summed E-state index contributed by atoms with van der Waals surface area (Å²) in [7, 11) is 0. The standard InChI is InChI=1S/C15H14ClN3O.C4H4O4/c16-12-6-4-11(5-7-12)15(20,14-18-9-10-19-14)13-3-1-2-8-17-13;5-3(6)1-2-4(7)8/h1-8,20H,9-10H2,(H,18,19);1-2H,(H,5,6)(H,7,8)/b;2-1-. The second-order valence-electron chi connectivity index (χ2n) is 5.60. The van der Waals surface area contributed by atoms with Gasteiger partial charge in [0.25, 0.3) is 0 Å². The number of aliphatic imine (C=N–C) groups is 1. The van der Waals surface area contributed by atoms with E-state index in [2.05, 4.69) is 15.3 Å². The molecule has 4 N–H and O–H groups in total. The number of benzene rings is 1. The Hall–Kier alpha value is -3.23. The van der Waals surface area contributed by atoms with Crippen molar-refractivity contribution in [2.45, 2.75) is 5.60 Å². The lowest BCUT2D eigenvalue weighted by Crippen LogP contribution is -2.44. The van der Waals surface area contributed by atoms with Gasteiger partial charge in [-0.1, -0.05) is 29.8 Å². The summed E-state index contributed by atoms with van der Waals surface area (Å²) in [5, 5.41) is 30.6. The Labute approximate surface area is 165 Å². The Morgan fingerprint density at radius 3 is 2.18 bits per heavy atom. The zero-order valence-corrected chi connectivity index (χ0v) is 15.4. The van der Waals surface area contributed by atoms with Crippen molar-refractivity contribution in [3.8, 4) is 0 Å². The highest BCUT2D eigenvalue weighted by Gasteiger charge is 2.40. The number of amidine groups is 1. The molecule has 28 heavy (non-hydrogen) atoms. The van der Waals surface area contributed by atoms with Gasteiger partial charge in [-0.15, -0.1) is 0 Å². The highest BCUT2D eigenvalue weighted by molar-refractivity contribution is 6.30. The third kappa shape index (κ3) is 5.38. The Morgan fingerprint density at radius 1 is 1.07 bits per heavy atom. The topological polar surface area (TPSA) is 132 Å². The number of aliphatic carboxylic acids is 2. The van der Waals surface area contributed by atoms with Crippen molar-refractivity contribution in [3.63, 3.8) is 0 Å². The van der Waals surface area contributed by atoms with Crippen molar-refractivity contribution in [1.29, 1.82) is 0 Å². The number of nitrogens with zero attached hydrogens (tertiary/aromatic N) is 2. The van der Waals surface area contributed by atoms with E-state index >= 15 is 0 Å². The van der Waals surface area contributed by atoms with Gasteiger partial charge < -0.3 is 20.6 Å². The van der Waals surface area contributed by atoms with E-state index in [1.807, 2.05) is 12.1 Å². The number of aromatic nitrogens is 1. The van der Waals surface area contributed by atoms with Crippen LogP contribution in [-0.4, -0.2) is 51.2 Å². The number of hydrogen-bond donors (Lipinski definition) is 4. The van der Waals surface area contributed by atoms with Crippen LogP contribution in [0.2, 0.25) is 5.02 Å². The summed E-state index contributed by atoms with van der Waals surface area (Å²) in [6.07, 6.45) is 2.77. The number of halogens is 1. The van der Waals surface area contributed by atoms with E-state index in [0.717, 1.165) is 6.54 Å². The quantitative estimate of drug-likeness (QED) is 0.558. The number of carboxylic acids is 2. The van der Waals surface area contributed by atoms with Gasteiger partial charge in [-0.05, 0) is 29.8 Å². The fourth-order valence-electron chi connectivity index (χ4n) is 2.46. The number of carboxylic acid groups (broad SMARTS) is 2. The second-order valence-corrected chi connectivity index (χ2v) is 6.04. The minimum absolute atomic E-state index is 0.526. The summed E-state index contributed by atoms with van der Waals surface area (Å²) in [5.74, 6) is -1.99. The molecule has 0 amide bonds. The van der Waals surface area contributed by atoms with E-state index in [1.54, 1.807) is 36.5 Å². The fraction of sp³-hybridized carbons (Fsp3) is 0.158. The van der Waals surface area contributed by atoms with Crippen LogP contribution < -0.4 is 5.32 Å². The molecule has 1 atom stereocenters. The molecule has 146 valence electrons. The van der Waals surface area contributed by atoms with Gasteiger partial charge in [-0.3, -0.25) is 9.98 Å². The van der Waals surface area contributed by atoms with Crippen LogP contribution in [0.25, 0.3) is 0 Å². The number of hydrogen-bond acceptors (Lipinski definition) is 6. The maximum absolute atomic E-state index is 11.2. The molecule has 1 aliphatic heterocycles. The Kier molecular flexibility index (Phi) is 7.25. The molecule has 0 bridgehead atoms. The summed E-state index contributed by atoms with van der Waals surface area (Å²) in [4.78, 5) is 27.8. The first kappa shape index (κ1) is 21.1. The third-order valence-corrected chi connectivity index (χ3v) is 3.93. The molecule has 0 spiro atoms. The average molecular weight is 404 g/mol. The lowest BCUT2D eigenvalue weighted by molar-refractivity contribution is -0.134. The van der Waals surface area contributed by atoms with Gasteiger partial charge in [0.2, 0.25) is 0 Å². The molecule has 1 aromatic carbocycles. The van der Waals surface area contributed by atoms with Gasteiger partial charge in [-0.25, -0.2) is 9.59 Å². The zero-order chi connectivity index (χ0) is 20.6. The van der Waals surface area contributed by atoms with Crippen LogP contribution in [0, 0.1) is 0 Å². The first-order chi connectivity index (χ1) is 13.3. The van der Waals surface area contributed by atoms with Gasteiger partial charge >= 0.3 is 11.9 Å². The Balaban J connectivity index is 0.000000300. The molecule has 2 aromatic rings. The normalized spacial score (nSPS) is 15.0. The van der Waals surface area contributed by atoms with Crippen LogP contribution >= 0.6 is 11.6 Å². The van der Waals surface area contributed by atoms with Crippen LogP contribution in [0.3, 0.4) is 0 Å². The molecule has 9 heteroatoms. The Morgan fingerprint density at radius 2 is 1.71 bits per heavy atom. The molecule has 8 nitrogen and oxygen atoms in total. The number of rotatable bonds is 5. The monoisotopic (exact) mass is 403 g/mol. The molecule has 0 saturated carbocycles. The summed E-state index contributed by atoms with van der Waals surface area (Å²) in [6, 6.07) is 12.5. The molecular formula is C19H18ClN3O5. The van der Waals surface area contributed by atoms with E-state index in [0.29, 0.717) is 40.8 Å². The van der Waals surface area contributed by atoms with Crippen molar-refractivity contribution in [2.75, 3.05) is 13.1 Å². The van der Waals surface area contributed by atoms with Crippen molar-refractivity contribution in [2.24, 2.45) is 4.99 Å². The average Bonchev–Trinajstić information content (AvgIpc) is 3.23. The van der Waals surface area contributed by atoms with E-state index in [4.69, 9.17) is 21.8 Å². The van der Waals surface area contributed by atoms with E-state index in [-0.39, 0.29) is 0 Å². The van der Waals surface area contributed by atoms with Gasteiger partial charge in [0.1, 0.15) is 5.84 Å². The third-order valence-electron chi connectivity index (χ3n) is 3.68. The molecule has 0 aliphatic carbocycles. The molecule has 1 aliphatic rings. The number of pyridine rings is 1. The number of nitrogens with one attached hydrogen (secondary N) is 1. The van der Waals surface area contributed by atoms with Crippen molar-refractivity contribution >= 4 is 29.4 Å². The molecule has 1 aromatic heterocycles. The maximum Gasteiger partial charge on any atom is 0.328 e. The van der Waals surface area contributed by atoms with Gasteiger partial charge in [0, 0.05) is 29.9 Å². The molecular weight excluding hydrogens is 386 g/mol. The first-order valence-electron chi connectivity index (χ1n) is 8.16. The van der Waals surface area contributed by atoms with E-state index < -0.39 is 17.5 Å². The fourth-order valence-corrected chi connectivity index (χ4v) is 2.58. The van der Waals surface area contributed by atoms with Crippen molar-refractivity contribution < 1.29 is 24.9 Å². The molecule has 0 saturated heterocycles. The molecule has 3 rings (SSSR count). The van der Waals surface area contributed by atoms with E-state index in [1.165, 1.54) is 0 Å².